The van der Waals surface area contributed by atoms with E-state index < -0.39 is 22.8 Å². The number of aliphatic carboxylic acids is 2. The van der Waals surface area contributed by atoms with Crippen molar-refractivity contribution < 1.29 is 22.7 Å². The molecule has 1 aromatic carbocycles. The molecule has 96 valence electrons. The van der Waals surface area contributed by atoms with Crippen molar-refractivity contribution in [3.8, 4) is 0 Å². The molecule has 0 saturated heterocycles. The number of carboxylic acid groups (broad SMARTS) is 2. The Balaban J connectivity index is -0.000000963. The molecular weight excluding hydrogens is 244 g/mol. The number of rotatable bonds is 3. The van der Waals surface area contributed by atoms with Crippen LogP contribution in [0, 0.1) is 5.41 Å². The summed E-state index contributed by atoms with van der Waals surface area (Å²) in [5.74, 6) is -2.69. The Labute approximate surface area is 125 Å². The smallest absolute Gasteiger partial charge is 1.00 e. The predicted molar refractivity (Wildman–Crippen MR) is 70.8 cm³/mol. The van der Waals surface area contributed by atoms with Gasteiger partial charge in [-0.25, -0.2) is 0 Å². The van der Waals surface area contributed by atoms with Crippen LogP contribution in [0.5, 0.6) is 0 Å². The van der Waals surface area contributed by atoms with Gasteiger partial charge in [0.2, 0.25) is 0 Å². The summed E-state index contributed by atoms with van der Waals surface area (Å²) in [6, 6.07) is 8.07. The molecule has 0 fully saturated rings. The molecule has 0 aromatic heterocycles. The Morgan fingerprint density at radius 3 is 1.67 bits per heavy atom. The van der Waals surface area contributed by atoms with Crippen molar-refractivity contribution in [3.05, 3.63) is 35.9 Å². The molecule has 5 heteroatoms. The van der Waals surface area contributed by atoms with Crippen LogP contribution in [0.1, 0.15) is 29.2 Å². The third kappa shape index (κ3) is 2.52. The average molecular weight is 263 g/mol. The van der Waals surface area contributed by atoms with Crippen molar-refractivity contribution in [1.29, 1.82) is 0 Å². The zero-order chi connectivity index (χ0) is 13.3. The summed E-state index contributed by atoms with van der Waals surface area (Å²) in [7, 11) is 0. The van der Waals surface area contributed by atoms with Crippen LogP contribution < -0.4 is 0 Å². The van der Waals surface area contributed by atoms with Crippen LogP contribution >= 0.6 is 0 Å². The molecule has 1 rings (SSSR count). The summed E-state index contributed by atoms with van der Waals surface area (Å²) in [5, 5.41) is 18.8. The van der Waals surface area contributed by atoms with Crippen molar-refractivity contribution in [2.75, 3.05) is 0 Å². The van der Waals surface area contributed by atoms with Crippen molar-refractivity contribution >= 4 is 35.0 Å². The van der Waals surface area contributed by atoms with Gasteiger partial charge in [-0.1, -0.05) is 51.1 Å². The topological polar surface area (TPSA) is 74.6 Å². The largest absolute Gasteiger partial charge is 2.00 e. The van der Waals surface area contributed by atoms with E-state index in [2.05, 4.69) is 0 Å². The number of benzene rings is 1. The van der Waals surface area contributed by atoms with Gasteiger partial charge in [-0.2, -0.15) is 0 Å². The SMILES string of the molecule is CC(C)(C)C(C(=O)O)(C(=O)O)c1ccccc1.[H-].[H-].[Mg+2]. The first-order chi connectivity index (χ1) is 7.74. The van der Waals surface area contributed by atoms with E-state index in [4.69, 9.17) is 0 Å². The molecule has 0 aliphatic rings. The zero-order valence-corrected chi connectivity index (χ0v) is 12.2. The third-order valence-electron chi connectivity index (χ3n) is 2.97. The number of carbonyl (C=O) groups is 2. The van der Waals surface area contributed by atoms with Crippen LogP contribution in [-0.4, -0.2) is 45.2 Å². The Morgan fingerprint density at radius 1 is 1.00 bits per heavy atom. The minimum atomic E-state index is -1.94. The summed E-state index contributed by atoms with van der Waals surface area (Å²) < 4.78 is 0. The summed E-state index contributed by atoms with van der Waals surface area (Å²) in [4.78, 5) is 23.1. The van der Waals surface area contributed by atoms with E-state index in [1.807, 2.05) is 0 Å². The summed E-state index contributed by atoms with van der Waals surface area (Å²) in [5.41, 5.74) is -2.59. The van der Waals surface area contributed by atoms with Gasteiger partial charge >= 0.3 is 35.0 Å². The van der Waals surface area contributed by atoms with Gasteiger partial charge in [-0.3, -0.25) is 9.59 Å². The first-order valence-electron chi connectivity index (χ1n) is 5.27. The maximum absolute atomic E-state index is 11.5. The zero-order valence-electron chi connectivity index (χ0n) is 12.8. The molecule has 0 amide bonds. The van der Waals surface area contributed by atoms with E-state index >= 15 is 0 Å². The van der Waals surface area contributed by atoms with Gasteiger partial charge in [0.25, 0.3) is 0 Å². The quantitative estimate of drug-likeness (QED) is 0.645. The van der Waals surface area contributed by atoms with Gasteiger partial charge in [-0.05, 0) is 11.0 Å². The second kappa shape index (κ2) is 5.71. The second-order valence-corrected chi connectivity index (χ2v) is 4.98. The Kier molecular flexibility index (Phi) is 5.37. The number of carboxylic acids is 2. The van der Waals surface area contributed by atoms with Crippen LogP contribution in [-0.2, 0) is 15.0 Å². The maximum atomic E-state index is 11.5. The standard InChI is InChI=1S/C13H16O4.Mg.2H/c1-12(2,3)13(10(14)15,11(16)17)9-7-5-4-6-8-9;;;/h4-8H,1-3H3,(H,14,15)(H,16,17);;;/q;+2;2*-1. The monoisotopic (exact) mass is 262 g/mol. The molecule has 0 saturated carbocycles. The Bertz CT molecular complexity index is 429. The molecule has 2 N–H and O–H groups in total. The van der Waals surface area contributed by atoms with Crippen LogP contribution in [0.15, 0.2) is 30.3 Å². The fourth-order valence-electron chi connectivity index (χ4n) is 2.10. The fourth-order valence-corrected chi connectivity index (χ4v) is 2.10. The van der Waals surface area contributed by atoms with Gasteiger partial charge in [-0.15, -0.1) is 0 Å². The van der Waals surface area contributed by atoms with E-state index in [1.54, 1.807) is 39.0 Å². The fraction of sp³-hybridized carbons (Fsp3) is 0.385. The van der Waals surface area contributed by atoms with E-state index in [9.17, 15) is 19.8 Å². The molecule has 0 atom stereocenters. The predicted octanol–water partition coefficient (Wildman–Crippen LogP) is 1.98. The molecule has 4 nitrogen and oxygen atoms in total. The van der Waals surface area contributed by atoms with E-state index in [0.29, 0.717) is 0 Å². The second-order valence-electron chi connectivity index (χ2n) is 4.98. The summed E-state index contributed by atoms with van der Waals surface area (Å²) in [6.45, 7) is 4.84. The molecule has 0 unspecified atom stereocenters. The number of hydrogen-bond donors (Lipinski definition) is 2. The van der Waals surface area contributed by atoms with Crippen LogP contribution in [0.2, 0.25) is 0 Å². The molecule has 18 heavy (non-hydrogen) atoms. The van der Waals surface area contributed by atoms with Gasteiger partial charge in [0.15, 0.2) is 5.41 Å². The van der Waals surface area contributed by atoms with Crippen LogP contribution in [0.25, 0.3) is 0 Å². The average Bonchev–Trinajstić information content (AvgIpc) is 2.16. The normalized spacial score (nSPS) is 11.5. The molecule has 0 heterocycles. The van der Waals surface area contributed by atoms with Crippen molar-refractivity contribution in [1.82, 2.24) is 0 Å². The van der Waals surface area contributed by atoms with Gasteiger partial charge < -0.3 is 13.1 Å². The van der Waals surface area contributed by atoms with E-state index in [1.165, 1.54) is 12.1 Å². The van der Waals surface area contributed by atoms with Crippen molar-refractivity contribution in [3.63, 3.8) is 0 Å². The van der Waals surface area contributed by atoms with Gasteiger partial charge in [0.1, 0.15) is 0 Å². The van der Waals surface area contributed by atoms with Gasteiger partial charge in [0.05, 0.1) is 0 Å². The van der Waals surface area contributed by atoms with Gasteiger partial charge in [0, 0.05) is 0 Å². The summed E-state index contributed by atoms with van der Waals surface area (Å²) >= 11 is 0. The van der Waals surface area contributed by atoms with Crippen molar-refractivity contribution in [2.24, 2.45) is 5.41 Å². The van der Waals surface area contributed by atoms with E-state index in [0.717, 1.165) is 0 Å². The minimum absolute atomic E-state index is 0. The first kappa shape index (κ1) is 16.9. The number of hydrogen-bond acceptors (Lipinski definition) is 2. The Morgan fingerprint density at radius 2 is 1.39 bits per heavy atom. The Hall–Kier alpha value is -1.07. The van der Waals surface area contributed by atoms with Crippen LogP contribution in [0.4, 0.5) is 0 Å². The molecule has 0 aliphatic carbocycles. The summed E-state index contributed by atoms with van der Waals surface area (Å²) in [6.07, 6.45) is 0. The molecule has 0 bridgehead atoms. The first-order valence-corrected chi connectivity index (χ1v) is 5.27. The molecular formula is C13H18MgO4. The third-order valence-corrected chi connectivity index (χ3v) is 2.97. The van der Waals surface area contributed by atoms with Crippen LogP contribution in [0.3, 0.4) is 0 Å². The molecule has 0 spiro atoms. The maximum Gasteiger partial charge on any atom is 2.00 e. The van der Waals surface area contributed by atoms with Crippen molar-refractivity contribution in [2.45, 2.75) is 26.2 Å². The molecule has 0 aliphatic heterocycles. The molecule has 1 aromatic rings. The minimum Gasteiger partial charge on any atom is -1.00 e. The van der Waals surface area contributed by atoms with E-state index in [-0.39, 0.29) is 31.5 Å². The molecule has 0 radical (unpaired) electrons.